The number of carbonyl (C=O) groups excluding carboxylic acids is 1. The third-order valence-electron chi connectivity index (χ3n) is 2.58. The smallest absolute Gasteiger partial charge is 0.337 e. The number of rotatable bonds is 3. The maximum atomic E-state index is 12.2. The zero-order valence-electron chi connectivity index (χ0n) is 10.1. The van der Waals surface area contributed by atoms with Crippen LogP contribution >= 0.6 is 34.2 Å². The van der Waals surface area contributed by atoms with E-state index in [1.54, 1.807) is 18.2 Å². The van der Waals surface area contributed by atoms with Crippen LogP contribution in [0.5, 0.6) is 0 Å². The normalized spacial score (nSPS) is 10.1. The number of nitrogens with one attached hydrogen (secondary N) is 1. The van der Waals surface area contributed by atoms with Crippen LogP contribution in [0.25, 0.3) is 0 Å². The second-order valence-electron chi connectivity index (χ2n) is 3.93. The van der Waals surface area contributed by atoms with E-state index in [4.69, 9.17) is 16.7 Å². The zero-order valence-corrected chi connectivity index (χ0v) is 13.0. The van der Waals surface area contributed by atoms with Crippen LogP contribution in [-0.2, 0) is 0 Å². The van der Waals surface area contributed by atoms with Gasteiger partial charge in [0.15, 0.2) is 0 Å². The van der Waals surface area contributed by atoms with Crippen molar-refractivity contribution in [2.24, 2.45) is 0 Å². The summed E-state index contributed by atoms with van der Waals surface area (Å²) in [5.41, 5.74) is 0.646. The predicted molar refractivity (Wildman–Crippen MR) is 85.5 cm³/mol. The Morgan fingerprint density at radius 3 is 2.45 bits per heavy atom. The van der Waals surface area contributed by atoms with Gasteiger partial charge in [0.05, 0.1) is 16.8 Å². The van der Waals surface area contributed by atoms with Gasteiger partial charge >= 0.3 is 5.97 Å². The molecular formula is C14H9ClINO3. The lowest BCUT2D eigenvalue weighted by Gasteiger charge is -2.10. The molecule has 0 aliphatic carbocycles. The molecular weight excluding hydrogens is 393 g/mol. The third-order valence-corrected chi connectivity index (χ3v) is 3.75. The summed E-state index contributed by atoms with van der Waals surface area (Å²) in [5.74, 6) is -1.50. The lowest BCUT2D eigenvalue weighted by Crippen LogP contribution is -2.15. The van der Waals surface area contributed by atoms with Gasteiger partial charge in [-0.1, -0.05) is 23.7 Å². The number of benzene rings is 2. The van der Waals surface area contributed by atoms with Gasteiger partial charge in [-0.2, -0.15) is 0 Å². The molecule has 102 valence electrons. The van der Waals surface area contributed by atoms with Crippen molar-refractivity contribution in [3.8, 4) is 0 Å². The molecule has 0 radical (unpaired) electrons. The van der Waals surface area contributed by atoms with Crippen molar-refractivity contribution in [3.63, 3.8) is 0 Å². The van der Waals surface area contributed by atoms with E-state index in [1.165, 1.54) is 18.2 Å². The first-order chi connectivity index (χ1) is 9.49. The van der Waals surface area contributed by atoms with Crippen LogP contribution in [0.4, 0.5) is 5.69 Å². The van der Waals surface area contributed by atoms with E-state index in [-0.39, 0.29) is 17.2 Å². The van der Waals surface area contributed by atoms with Crippen LogP contribution in [0, 0.1) is 3.57 Å². The number of carboxylic acid groups (broad SMARTS) is 1. The lowest BCUT2D eigenvalue weighted by atomic mass is 10.1. The highest BCUT2D eigenvalue weighted by molar-refractivity contribution is 14.1. The number of halogens is 2. The summed E-state index contributed by atoms with van der Waals surface area (Å²) in [4.78, 5) is 23.3. The van der Waals surface area contributed by atoms with E-state index in [2.05, 4.69) is 5.32 Å². The summed E-state index contributed by atoms with van der Waals surface area (Å²) in [5, 5.41) is 12.0. The summed E-state index contributed by atoms with van der Waals surface area (Å²) in [6, 6.07) is 11.3. The SMILES string of the molecule is O=C(Nc1cc(Cl)ccc1C(=O)O)c1ccccc1I. The highest BCUT2D eigenvalue weighted by Crippen LogP contribution is 2.22. The molecule has 0 saturated carbocycles. The van der Waals surface area contributed by atoms with Gasteiger partial charge in [-0.3, -0.25) is 4.79 Å². The highest BCUT2D eigenvalue weighted by atomic mass is 127. The number of aromatic carboxylic acids is 1. The Kier molecular flexibility index (Phi) is 4.61. The largest absolute Gasteiger partial charge is 0.478 e. The van der Waals surface area contributed by atoms with E-state index in [0.29, 0.717) is 10.6 Å². The molecule has 0 heterocycles. The van der Waals surface area contributed by atoms with Crippen molar-refractivity contribution in [1.82, 2.24) is 0 Å². The molecule has 0 spiro atoms. The average molecular weight is 402 g/mol. The van der Waals surface area contributed by atoms with Gasteiger partial charge in [-0.05, 0) is 52.9 Å². The van der Waals surface area contributed by atoms with Gasteiger partial charge in [0, 0.05) is 8.59 Å². The molecule has 0 unspecified atom stereocenters. The van der Waals surface area contributed by atoms with Crippen molar-refractivity contribution >= 4 is 51.8 Å². The fraction of sp³-hybridized carbons (Fsp3) is 0. The number of carboxylic acids is 1. The Balaban J connectivity index is 2.35. The molecule has 0 aliphatic rings. The zero-order chi connectivity index (χ0) is 14.7. The summed E-state index contributed by atoms with van der Waals surface area (Å²) in [6.45, 7) is 0. The van der Waals surface area contributed by atoms with E-state index >= 15 is 0 Å². The number of carbonyl (C=O) groups is 2. The van der Waals surface area contributed by atoms with E-state index < -0.39 is 5.97 Å². The quantitative estimate of drug-likeness (QED) is 0.767. The van der Waals surface area contributed by atoms with Crippen LogP contribution in [-0.4, -0.2) is 17.0 Å². The number of amides is 1. The second-order valence-corrected chi connectivity index (χ2v) is 5.53. The molecule has 2 rings (SSSR count). The summed E-state index contributed by atoms with van der Waals surface area (Å²) in [6.07, 6.45) is 0. The summed E-state index contributed by atoms with van der Waals surface area (Å²) < 4.78 is 0.779. The first-order valence-corrected chi connectivity index (χ1v) is 7.03. The molecule has 2 N–H and O–H groups in total. The minimum absolute atomic E-state index is 0.00584. The van der Waals surface area contributed by atoms with Crippen molar-refractivity contribution < 1.29 is 14.7 Å². The Morgan fingerprint density at radius 2 is 1.80 bits per heavy atom. The van der Waals surface area contributed by atoms with Crippen LogP contribution < -0.4 is 5.32 Å². The van der Waals surface area contributed by atoms with Crippen LogP contribution in [0.1, 0.15) is 20.7 Å². The van der Waals surface area contributed by atoms with Crippen molar-refractivity contribution in [2.45, 2.75) is 0 Å². The number of anilines is 1. The molecule has 0 aliphatic heterocycles. The predicted octanol–water partition coefficient (Wildman–Crippen LogP) is 3.90. The van der Waals surface area contributed by atoms with Gasteiger partial charge in [-0.25, -0.2) is 4.79 Å². The molecule has 0 saturated heterocycles. The van der Waals surface area contributed by atoms with Gasteiger partial charge in [0.2, 0.25) is 0 Å². The monoisotopic (exact) mass is 401 g/mol. The summed E-state index contributed by atoms with van der Waals surface area (Å²) in [7, 11) is 0. The first-order valence-electron chi connectivity index (χ1n) is 5.58. The van der Waals surface area contributed by atoms with Gasteiger partial charge < -0.3 is 10.4 Å². The molecule has 0 atom stereocenters. The van der Waals surface area contributed by atoms with Crippen molar-refractivity contribution in [2.75, 3.05) is 5.32 Å². The fourth-order valence-corrected chi connectivity index (χ4v) is 2.45. The maximum Gasteiger partial charge on any atom is 0.337 e. The molecule has 6 heteroatoms. The standard InChI is InChI=1S/C14H9ClINO3/c15-8-5-6-10(14(19)20)12(7-8)17-13(18)9-3-1-2-4-11(9)16/h1-7H,(H,17,18)(H,19,20). The Labute approximate surface area is 133 Å². The molecule has 0 aromatic heterocycles. The lowest BCUT2D eigenvalue weighted by molar-refractivity contribution is 0.0698. The molecule has 0 bridgehead atoms. The molecule has 4 nitrogen and oxygen atoms in total. The van der Waals surface area contributed by atoms with Crippen molar-refractivity contribution in [1.29, 1.82) is 0 Å². The van der Waals surface area contributed by atoms with Gasteiger partial charge in [-0.15, -0.1) is 0 Å². The summed E-state index contributed by atoms with van der Waals surface area (Å²) >= 11 is 7.88. The Morgan fingerprint density at radius 1 is 1.10 bits per heavy atom. The van der Waals surface area contributed by atoms with E-state index in [9.17, 15) is 9.59 Å². The minimum Gasteiger partial charge on any atom is -0.478 e. The van der Waals surface area contributed by atoms with Crippen LogP contribution in [0.3, 0.4) is 0 Å². The molecule has 1 amide bonds. The van der Waals surface area contributed by atoms with E-state index in [0.717, 1.165) is 3.57 Å². The molecule has 20 heavy (non-hydrogen) atoms. The molecule has 2 aromatic carbocycles. The highest BCUT2D eigenvalue weighted by Gasteiger charge is 2.15. The Bertz CT molecular complexity index is 688. The Hall–Kier alpha value is -1.60. The fourth-order valence-electron chi connectivity index (χ4n) is 1.64. The second kappa shape index (κ2) is 6.23. The van der Waals surface area contributed by atoms with E-state index in [1.807, 2.05) is 28.7 Å². The molecule has 0 fully saturated rings. The topological polar surface area (TPSA) is 66.4 Å². The van der Waals surface area contributed by atoms with Gasteiger partial charge in [0.1, 0.15) is 0 Å². The van der Waals surface area contributed by atoms with Crippen molar-refractivity contribution in [3.05, 3.63) is 62.2 Å². The average Bonchev–Trinajstić information content (AvgIpc) is 2.38. The first kappa shape index (κ1) is 14.8. The van der Waals surface area contributed by atoms with Crippen LogP contribution in [0.2, 0.25) is 5.02 Å². The maximum absolute atomic E-state index is 12.2. The number of hydrogen-bond donors (Lipinski definition) is 2. The van der Waals surface area contributed by atoms with Gasteiger partial charge in [0.25, 0.3) is 5.91 Å². The third kappa shape index (κ3) is 3.29. The minimum atomic E-state index is -1.13. The number of hydrogen-bond acceptors (Lipinski definition) is 2. The van der Waals surface area contributed by atoms with Crippen LogP contribution in [0.15, 0.2) is 42.5 Å². The molecule has 2 aromatic rings.